The minimum atomic E-state index is -4.64. The first-order chi connectivity index (χ1) is 38.5. The molecule has 0 aliphatic carbocycles. The summed E-state index contributed by atoms with van der Waals surface area (Å²) in [6, 6.07) is 0. The van der Waals surface area contributed by atoms with Gasteiger partial charge in [-0.3, -0.25) is 14.2 Å². The third kappa shape index (κ3) is 64.7. The number of allylic oxidation sites excluding steroid dienone is 10. The standard InChI is InChI=1S/C69H128NO8P/c1-6-8-10-12-14-16-18-20-22-24-26-27-28-29-30-31-32-33-34-35-36-37-38-39-40-41-42-43-44-46-48-50-52-54-56-58-60-62-69(72)78-67(66-77-79(73,74)76-64-63-70(3,4)5)65-75-68(71)61-59-57-55-53-51-49-47-45-25-23-21-19-17-15-13-11-9-7-2/h8,10,14,16,20,22,26-27,29-30,67H,6-7,9,11-13,15,17-19,21,23-25,28,31-66H2,1-5H3/b10-8-,16-14-,22-20-,27-26-,30-29-. The van der Waals surface area contributed by atoms with Crippen LogP contribution in [0.1, 0.15) is 316 Å². The number of carbonyl (C=O) groups excluding carboxylic acids is 2. The summed E-state index contributed by atoms with van der Waals surface area (Å²) in [5.74, 6) is -0.815. The molecule has 0 aliphatic rings. The summed E-state index contributed by atoms with van der Waals surface area (Å²) in [4.78, 5) is 38.0. The van der Waals surface area contributed by atoms with Gasteiger partial charge in [-0.1, -0.05) is 306 Å². The van der Waals surface area contributed by atoms with Gasteiger partial charge >= 0.3 is 11.9 Å². The summed E-state index contributed by atoms with van der Waals surface area (Å²) < 4.78 is 34.3. The Morgan fingerprint density at radius 1 is 0.405 bits per heavy atom. The van der Waals surface area contributed by atoms with E-state index in [0.29, 0.717) is 17.4 Å². The smallest absolute Gasteiger partial charge is 0.306 e. The topological polar surface area (TPSA) is 111 Å². The number of likely N-dealkylation sites (N-methyl/N-ethyl adjacent to an activating group) is 1. The normalized spacial score (nSPS) is 13.5. The van der Waals surface area contributed by atoms with Gasteiger partial charge in [-0.05, 0) is 57.8 Å². The number of carbonyl (C=O) groups is 2. The fourth-order valence-electron chi connectivity index (χ4n) is 9.69. The van der Waals surface area contributed by atoms with Gasteiger partial charge in [-0.25, -0.2) is 0 Å². The Morgan fingerprint density at radius 3 is 1.08 bits per heavy atom. The lowest BCUT2D eigenvalue weighted by molar-refractivity contribution is -0.870. The number of esters is 2. The van der Waals surface area contributed by atoms with Gasteiger partial charge in [0.05, 0.1) is 27.7 Å². The molecule has 0 amide bonds. The maximum atomic E-state index is 12.8. The summed E-state index contributed by atoms with van der Waals surface area (Å²) in [7, 11) is 1.18. The Balaban J connectivity index is 3.96. The van der Waals surface area contributed by atoms with Crippen molar-refractivity contribution >= 4 is 19.8 Å². The van der Waals surface area contributed by atoms with Crippen molar-refractivity contribution in [2.24, 2.45) is 0 Å². The second-order valence-corrected chi connectivity index (χ2v) is 25.2. The number of hydrogen-bond acceptors (Lipinski definition) is 8. The van der Waals surface area contributed by atoms with E-state index in [1.165, 1.54) is 218 Å². The van der Waals surface area contributed by atoms with Crippen LogP contribution in [0, 0.1) is 0 Å². The van der Waals surface area contributed by atoms with Crippen LogP contribution in [0.2, 0.25) is 0 Å². The summed E-state index contributed by atoms with van der Waals surface area (Å²) in [5, 5.41) is 0. The molecule has 0 saturated heterocycles. The molecule has 0 spiro atoms. The average Bonchev–Trinajstić information content (AvgIpc) is 3.41. The number of rotatable bonds is 62. The van der Waals surface area contributed by atoms with Crippen LogP contribution in [-0.4, -0.2) is 70.0 Å². The Hall–Kier alpha value is -2.29. The molecule has 0 aromatic carbocycles. The van der Waals surface area contributed by atoms with Crippen molar-refractivity contribution in [3.8, 4) is 0 Å². The summed E-state index contributed by atoms with van der Waals surface area (Å²) in [5.41, 5.74) is 0. The second-order valence-electron chi connectivity index (χ2n) is 23.8. The number of hydrogen-bond donors (Lipinski definition) is 0. The minimum absolute atomic E-state index is 0.0284. The quantitative estimate of drug-likeness (QED) is 0.0195. The van der Waals surface area contributed by atoms with Crippen molar-refractivity contribution in [1.82, 2.24) is 0 Å². The van der Waals surface area contributed by atoms with Gasteiger partial charge in [-0.15, -0.1) is 0 Å². The molecule has 0 aromatic rings. The largest absolute Gasteiger partial charge is 0.756 e. The monoisotopic (exact) mass is 1130 g/mol. The van der Waals surface area contributed by atoms with E-state index in [4.69, 9.17) is 18.5 Å². The molecule has 0 rings (SSSR count). The molecule has 0 N–H and O–H groups in total. The molecule has 0 radical (unpaired) electrons. The number of phosphoric acid groups is 1. The fraction of sp³-hybridized carbons (Fsp3) is 0.826. The highest BCUT2D eigenvalue weighted by atomic mass is 31.2. The van der Waals surface area contributed by atoms with Crippen LogP contribution < -0.4 is 4.89 Å². The zero-order valence-electron chi connectivity index (χ0n) is 52.6. The minimum Gasteiger partial charge on any atom is -0.756 e. The summed E-state index contributed by atoms with van der Waals surface area (Å²) >= 11 is 0. The Morgan fingerprint density at radius 2 is 0.722 bits per heavy atom. The van der Waals surface area contributed by atoms with Crippen LogP contribution in [0.4, 0.5) is 0 Å². The summed E-state index contributed by atoms with van der Waals surface area (Å²) in [6.45, 7) is 4.18. The molecule has 0 aromatic heterocycles. The van der Waals surface area contributed by atoms with Crippen molar-refractivity contribution in [3.05, 3.63) is 60.8 Å². The van der Waals surface area contributed by atoms with Crippen LogP contribution in [-0.2, 0) is 32.7 Å². The van der Waals surface area contributed by atoms with E-state index in [1.807, 2.05) is 21.1 Å². The molecule has 10 heteroatoms. The Bertz CT molecular complexity index is 1520. The molecular weight excluding hydrogens is 1000 g/mol. The van der Waals surface area contributed by atoms with Gasteiger partial charge in [0.25, 0.3) is 7.82 Å². The molecule has 0 saturated carbocycles. The maximum Gasteiger partial charge on any atom is 0.306 e. The number of phosphoric ester groups is 1. The van der Waals surface area contributed by atoms with E-state index in [2.05, 4.69) is 74.6 Å². The van der Waals surface area contributed by atoms with Crippen LogP contribution in [0.25, 0.3) is 0 Å². The van der Waals surface area contributed by atoms with Gasteiger partial charge in [0.1, 0.15) is 19.8 Å². The molecule has 79 heavy (non-hydrogen) atoms. The van der Waals surface area contributed by atoms with Crippen molar-refractivity contribution in [1.29, 1.82) is 0 Å². The first-order valence-corrected chi connectivity index (χ1v) is 35.0. The SMILES string of the molecule is CC/C=C\C/C=C\C/C=C\C/C=C\C/C=C\CCCCCCCCCCCCCCCCCCCCCCCC(=O)OC(COC(=O)CCCCCCCCCCCCCCCCCCCC)COP(=O)([O-])OCC[N+](C)(C)C. The van der Waals surface area contributed by atoms with E-state index in [1.54, 1.807) is 0 Å². The molecule has 2 unspecified atom stereocenters. The molecule has 0 bridgehead atoms. The molecule has 0 aliphatic heterocycles. The van der Waals surface area contributed by atoms with Gasteiger partial charge in [0.2, 0.25) is 0 Å². The van der Waals surface area contributed by atoms with Gasteiger partial charge < -0.3 is 27.9 Å². The van der Waals surface area contributed by atoms with Crippen LogP contribution in [0.3, 0.4) is 0 Å². The zero-order valence-corrected chi connectivity index (χ0v) is 53.5. The van der Waals surface area contributed by atoms with Crippen molar-refractivity contribution in [2.45, 2.75) is 322 Å². The van der Waals surface area contributed by atoms with E-state index in [0.717, 1.165) is 64.2 Å². The predicted molar refractivity (Wildman–Crippen MR) is 337 cm³/mol. The van der Waals surface area contributed by atoms with Crippen molar-refractivity contribution < 1.29 is 42.1 Å². The lowest BCUT2D eigenvalue weighted by Gasteiger charge is -2.28. The number of quaternary nitrogens is 1. The van der Waals surface area contributed by atoms with Gasteiger partial charge in [0, 0.05) is 12.8 Å². The predicted octanol–water partition coefficient (Wildman–Crippen LogP) is 20.8. The molecular formula is C69H128NO8P. The lowest BCUT2D eigenvalue weighted by atomic mass is 10.0. The zero-order chi connectivity index (χ0) is 57.7. The van der Waals surface area contributed by atoms with Gasteiger partial charge in [-0.2, -0.15) is 0 Å². The molecule has 0 fully saturated rings. The molecule has 9 nitrogen and oxygen atoms in total. The highest BCUT2D eigenvalue weighted by Crippen LogP contribution is 2.38. The number of ether oxygens (including phenoxy) is 2. The maximum absolute atomic E-state index is 12.8. The van der Waals surface area contributed by atoms with Crippen molar-refractivity contribution in [2.75, 3.05) is 47.5 Å². The Kier molecular flexibility index (Phi) is 58.6. The third-order valence-corrected chi connectivity index (χ3v) is 15.8. The molecule has 462 valence electrons. The first-order valence-electron chi connectivity index (χ1n) is 33.5. The van der Waals surface area contributed by atoms with E-state index < -0.39 is 26.5 Å². The average molecular weight is 1130 g/mol. The molecule has 0 heterocycles. The lowest BCUT2D eigenvalue weighted by Crippen LogP contribution is -2.37. The van der Waals surface area contributed by atoms with Crippen LogP contribution in [0.5, 0.6) is 0 Å². The highest BCUT2D eigenvalue weighted by Gasteiger charge is 2.22. The Labute approximate surface area is 489 Å². The number of unbranched alkanes of at least 4 members (excludes halogenated alkanes) is 38. The van der Waals surface area contributed by atoms with E-state index in [-0.39, 0.29) is 32.0 Å². The number of nitrogens with zero attached hydrogens (tertiary/aromatic N) is 1. The highest BCUT2D eigenvalue weighted by molar-refractivity contribution is 7.45. The fourth-order valence-corrected chi connectivity index (χ4v) is 10.4. The van der Waals surface area contributed by atoms with Crippen LogP contribution >= 0.6 is 7.82 Å². The summed E-state index contributed by atoms with van der Waals surface area (Å²) in [6.07, 6.45) is 78.7. The molecule has 2 atom stereocenters. The first kappa shape index (κ1) is 76.7. The second kappa shape index (κ2) is 60.3. The third-order valence-electron chi connectivity index (χ3n) is 14.8. The van der Waals surface area contributed by atoms with Crippen LogP contribution in [0.15, 0.2) is 60.8 Å². The van der Waals surface area contributed by atoms with Gasteiger partial charge in [0.15, 0.2) is 6.10 Å². The van der Waals surface area contributed by atoms with E-state index >= 15 is 0 Å². The van der Waals surface area contributed by atoms with Crippen molar-refractivity contribution in [3.63, 3.8) is 0 Å². The van der Waals surface area contributed by atoms with E-state index in [9.17, 15) is 19.0 Å².